The number of rotatable bonds is 4. The van der Waals surface area contributed by atoms with Crippen LogP contribution in [0.5, 0.6) is 0 Å². The van der Waals surface area contributed by atoms with E-state index in [1.54, 1.807) is 5.38 Å². The van der Waals surface area contributed by atoms with Crippen molar-refractivity contribution < 1.29 is 4.79 Å². The van der Waals surface area contributed by atoms with Gasteiger partial charge in [0.1, 0.15) is 0 Å². The Balaban J connectivity index is 1.84. The predicted octanol–water partition coefficient (Wildman–Crippen LogP) is 3.34. The molecule has 0 saturated carbocycles. The molecule has 1 aromatic heterocycles. The van der Waals surface area contributed by atoms with Crippen molar-refractivity contribution >= 4 is 17.4 Å². The molecule has 0 spiro atoms. The molecule has 3 rings (SSSR count). The predicted molar refractivity (Wildman–Crippen MR) is 83.4 cm³/mol. The van der Waals surface area contributed by atoms with Gasteiger partial charge in [-0.25, -0.2) is 0 Å². The molecule has 0 aliphatic carbocycles. The summed E-state index contributed by atoms with van der Waals surface area (Å²) in [6.07, 6.45) is 3.17. The van der Waals surface area contributed by atoms with Gasteiger partial charge in [0, 0.05) is 23.9 Å². The molecule has 1 aromatic carbocycles. The summed E-state index contributed by atoms with van der Waals surface area (Å²) in [5.41, 5.74) is 1.80. The Bertz CT molecular complexity index is 585. The van der Waals surface area contributed by atoms with Gasteiger partial charge in [0.05, 0.1) is 0 Å². The highest BCUT2D eigenvalue weighted by Gasteiger charge is 2.35. The van der Waals surface area contributed by atoms with Crippen molar-refractivity contribution in [1.82, 2.24) is 14.5 Å². The van der Waals surface area contributed by atoms with Crippen LogP contribution in [-0.2, 0) is 0 Å². The number of aromatic nitrogens is 2. The highest BCUT2D eigenvalue weighted by molar-refractivity contribution is 7.03. The van der Waals surface area contributed by atoms with E-state index in [2.05, 4.69) is 40.8 Å². The Kier molecular flexibility index (Phi) is 4.29. The van der Waals surface area contributed by atoms with Gasteiger partial charge in [0.15, 0.2) is 5.69 Å². The van der Waals surface area contributed by atoms with E-state index in [0.29, 0.717) is 11.6 Å². The van der Waals surface area contributed by atoms with Crippen LogP contribution in [0.25, 0.3) is 0 Å². The van der Waals surface area contributed by atoms with Gasteiger partial charge in [-0.2, -0.15) is 0 Å². The van der Waals surface area contributed by atoms with Gasteiger partial charge < -0.3 is 4.90 Å². The van der Waals surface area contributed by atoms with Crippen LogP contribution in [0.15, 0.2) is 35.7 Å². The van der Waals surface area contributed by atoms with E-state index in [4.69, 9.17) is 0 Å². The first-order valence-corrected chi connectivity index (χ1v) is 8.28. The van der Waals surface area contributed by atoms with Crippen LogP contribution in [0.1, 0.15) is 48.2 Å². The van der Waals surface area contributed by atoms with Gasteiger partial charge in [-0.05, 0) is 36.4 Å². The minimum absolute atomic E-state index is 0.0284. The lowest BCUT2D eigenvalue weighted by molar-refractivity contribution is 0.0708. The van der Waals surface area contributed by atoms with E-state index in [1.165, 1.54) is 17.1 Å². The summed E-state index contributed by atoms with van der Waals surface area (Å²) in [5, 5.41) is 5.67. The lowest BCUT2D eigenvalue weighted by atomic mass is 9.87. The fraction of sp³-hybridized carbons (Fsp3) is 0.438. The van der Waals surface area contributed by atoms with Crippen LogP contribution in [0.2, 0.25) is 0 Å². The Morgan fingerprint density at radius 3 is 2.90 bits per heavy atom. The molecule has 2 heterocycles. The molecule has 2 aromatic rings. The molecule has 1 fully saturated rings. The van der Waals surface area contributed by atoms with Crippen LogP contribution in [0.4, 0.5) is 0 Å². The molecular formula is C16H19N3OS. The number of amides is 1. The van der Waals surface area contributed by atoms with Crippen molar-refractivity contribution in [3.8, 4) is 0 Å². The third-order valence-electron chi connectivity index (χ3n) is 4.27. The zero-order valence-electron chi connectivity index (χ0n) is 12.1. The van der Waals surface area contributed by atoms with Crippen LogP contribution in [0.3, 0.4) is 0 Å². The first-order chi connectivity index (χ1) is 10.3. The van der Waals surface area contributed by atoms with Crippen molar-refractivity contribution in [3.05, 3.63) is 47.0 Å². The topological polar surface area (TPSA) is 46.1 Å². The SMILES string of the molecule is CC[C@H](c1ccccc1)[C@@H]1CCCN1C(=O)c1csnn1. The lowest BCUT2D eigenvalue weighted by Gasteiger charge is -2.31. The maximum absolute atomic E-state index is 12.6. The molecule has 0 bridgehead atoms. The zero-order chi connectivity index (χ0) is 14.7. The number of benzene rings is 1. The third kappa shape index (κ3) is 2.83. The maximum Gasteiger partial charge on any atom is 0.275 e. The first kappa shape index (κ1) is 14.2. The van der Waals surface area contributed by atoms with Crippen LogP contribution in [0, 0.1) is 0 Å². The molecule has 110 valence electrons. The Morgan fingerprint density at radius 1 is 1.43 bits per heavy atom. The average Bonchev–Trinajstić information content (AvgIpc) is 3.20. The van der Waals surface area contributed by atoms with Gasteiger partial charge in [-0.15, -0.1) is 5.10 Å². The molecule has 2 atom stereocenters. The molecule has 5 heteroatoms. The Morgan fingerprint density at radius 2 is 2.24 bits per heavy atom. The summed E-state index contributed by atoms with van der Waals surface area (Å²) < 4.78 is 3.81. The Hall–Kier alpha value is -1.75. The van der Waals surface area contributed by atoms with Crippen molar-refractivity contribution in [3.63, 3.8) is 0 Å². The minimum atomic E-state index is 0.0284. The molecule has 4 nitrogen and oxygen atoms in total. The van der Waals surface area contributed by atoms with E-state index in [1.807, 2.05) is 11.0 Å². The molecular weight excluding hydrogens is 282 g/mol. The second kappa shape index (κ2) is 6.35. The van der Waals surface area contributed by atoms with Crippen molar-refractivity contribution in [2.45, 2.75) is 38.1 Å². The van der Waals surface area contributed by atoms with Gasteiger partial charge in [-0.3, -0.25) is 4.79 Å². The smallest absolute Gasteiger partial charge is 0.275 e. The number of likely N-dealkylation sites (tertiary alicyclic amines) is 1. The molecule has 1 aliphatic rings. The molecule has 0 N–H and O–H groups in total. The number of hydrogen-bond acceptors (Lipinski definition) is 4. The van der Waals surface area contributed by atoms with Crippen molar-refractivity contribution in [2.75, 3.05) is 6.54 Å². The standard InChI is InChI=1S/C16H19N3OS/c1-2-13(12-7-4-3-5-8-12)15-9-6-10-19(15)16(20)14-11-21-18-17-14/h3-5,7-8,11,13,15H,2,6,9-10H2,1H3/t13-,15+/m1/s1. The van der Waals surface area contributed by atoms with Gasteiger partial charge >= 0.3 is 0 Å². The largest absolute Gasteiger partial charge is 0.334 e. The normalized spacial score (nSPS) is 19.7. The number of carbonyl (C=O) groups excluding carboxylic acids is 1. The zero-order valence-corrected chi connectivity index (χ0v) is 12.9. The fourth-order valence-corrected chi connectivity index (χ4v) is 3.73. The second-order valence-electron chi connectivity index (χ2n) is 5.42. The molecule has 1 amide bonds. The second-order valence-corrected chi connectivity index (χ2v) is 6.03. The summed E-state index contributed by atoms with van der Waals surface area (Å²) in [7, 11) is 0. The Labute approximate surface area is 129 Å². The summed E-state index contributed by atoms with van der Waals surface area (Å²) in [6.45, 7) is 3.02. The maximum atomic E-state index is 12.6. The molecule has 1 saturated heterocycles. The molecule has 0 radical (unpaired) electrons. The van der Waals surface area contributed by atoms with Crippen LogP contribution in [-0.4, -0.2) is 33.0 Å². The van der Waals surface area contributed by atoms with Crippen LogP contribution < -0.4 is 0 Å². The van der Waals surface area contributed by atoms with Crippen molar-refractivity contribution in [1.29, 1.82) is 0 Å². The third-order valence-corrected chi connectivity index (χ3v) is 4.78. The number of nitrogens with zero attached hydrogens (tertiary/aromatic N) is 3. The highest BCUT2D eigenvalue weighted by Crippen LogP contribution is 2.34. The molecule has 1 aliphatic heterocycles. The van der Waals surface area contributed by atoms with E-state index in [0.717, 1.165) is 25.8 Å². The van der Waals surface area contributed by atoms with Gasteiger partial charge in [0.2, 0.25) is 0 Å². The van der Waals surface area contributed by atoms with Crippen molar-refractivity contribution in [2.24, 2.45) is 0 Å². The summed E-state index contributed by atoms with van der Waals surface area (Å²) in [4.78, 5) is 14.6. The first-order valence-electron chi connectivity index (χ1n) is 7.44. The number of hydrogen-bond donors (Lipinski definition) is 0. The summed E-state index contributed by atoms with van der Waals surface area (Å²) in [5.74, 6) is 0.421. The number of carbonyl (C=O) groups is 1. The summed E-state index contributed by atoms with van der Waals surface area (Å²) in [6, 6.07) is 10.8. The van der Waals surface area contributed by atoms with Gasteiger partial charge in [0.25, 0.3) is 5.91 Å². The van der Waals surface area contributed by atoms with E-state index in [9.17, 15) is 4.79 Å². The van der Waals surface area contributed by atoms with E-state index >= 15 is 0 Å². The van der Waals surface area contributed by atoms with E-state index < -0.39 is 0 Å². The quantitative estimate of drug-likeness (QED) is 0.870. The monoisotopic (exact) mass is 301 g/mol. The lowest BCUT2D eigenvalue weighted by Crippen LogP contribution is -2.39. The highest BCUT2D eigenvalue weighted by atomic mass is 32.1. The average molecular weight is 301 g/mol. The van der Waals surface area contributed by atoms with E-state index in [-0.39, 0.29) is 11.9 Å². The summed E-state index contributed by atoms with van der Waals surface area (Å²) >= 11 is 1.23. The molecule has 21 heavy (non-hydrogen) atoms. The van der Waals surface area contributed by atoms with Gasteiger partial charge in [-0.1, -0.05) is 41.7 Å². The fourth-order valence-electron chi connectivity index (χ4n) is 3.30. The molecule has 0 unspecified atom stereocenters. The van der Waals surface area contributed by atoms with Crippen LogP contribution >= 0.6 is 11.5 Å². The minimum Gasteiger partial charge on any atom is -0.334 e.